The van der Waals surface area contributed by atoms with Gasteiger partial charge in [-0.15, -0.1) is 11.8 Å². The van der Waals surface area contributed by atoms with Crippen LogP contribution in [0, 0.1) is 17.2 Å². The average Bonchev–Trinajstić information content (AvgIpc) is 2.44. The topological polar surface area (TPSA) is 52.9 Å². The third kappa shape index (κ3) is 5.33. The number of benzene rings is 1. The fourth-order valence-corrected chi connectivity index (χ4v) is 2.55. The molecule has 23 heavy (non-hydrogen) atoms. The Balaban J connectivity index is 2.76. The van der Waals surface area contributed by atoms with E-state index in [9.17, 15) is 18.0 Å². The summed E-state index contributed by atoms with van der Waals surface area (Å²) in [4.78, 5) is 12.2. The van der Waals surface area contributed by atoms with E-state index in [0.29, 0.717) is 0 Å². The van der Waals surface area contributed by atoms with Crippen molar-refractivity contribution < 1.29 is 18.0 Å². The standard InChI is InChI=1S/C15H16ClF3N2OS/c1-9(2)14(3,8-20)21-13(22)7-23-10-4-5-12(16)11(6-10)15(17,18)19/h4-6,9H,7H2,1-3H3,(H,21,22)/t14-/m0/s1. The smallest absolute Gasteiger partial charge is 0.337 e. The summed E-state index contributed by atoms with van der Waals surface area (Å²) in [5.41, 5.74) is -1.96. The van der Waals surface area contributed by atoms with Gasteiger partial charge in [-0.05, 0) is 31.0 Å². The van der Waals surface area contributed by atoms with Gasteiger partial charge in [0, 0.05) is 4.90 Å². The highest BCUT2D eigenvalue weighted by atomic mass is 35.5. The van der Waals surface area contributed by atoms with E-state index in [2.05, 4.69) is 5.32 Å². The van der Waals surface area contributed by atoms with Crippen LogP contribution < -0.4 is 5.32 Å². The number of thioether (sulfide) groups is 1. The van der Waals surface area contributed by atoms with E-state index >= 15 is 0 Å². The van der Waals surface area contributed by atoms with Gasteiger partial charge in [0.15, 0.2) is 0 Å². The lowest BCUT2D eigenvalue weighted by Crippen LogP contribution is -2.49. The summed E-state index contributed by atoms with van der Waals surface area (Å²) in [6.07, 6.45) is -4.55. The molecule has 0 saturated carbocycles. The lowest BCUT2D eigenvalue weighted by molar-refractivity contribution is -0.137. The second-order valence-corrected chi connectivity index (χ2v) is 6.90. The van der Waals surface area contributed by atoms with Crippen LogP contribution >= 0.6 is 23.4 Å². The predicted octanol–water partition coefficient (Wildman–Crippen LogP) is 4.51. The summed E-state index contributed by atoms with van der Waals surface area (Å²) >= 11 is 6.49. The van der Waals surface area contributed by atoms with Gasteiger partial charge in [0.2, 0.25) is 5.91 Å². The van der Waals surface area contributed by atoms with Crippen LogP contribution in [0.3, 0.4) is 0 Å². The molecule has 1 amide bonds. The van der Waals surface area contributed by atoms with E-state index < -0.39 is 23.2 Å². The molecule has 0 saturated heterocycles. The highest BCUT2D eigenvalue weighted by Gasteiger charge is 2.33. The monoisotopic (exact) mass is 364 g/mol. The maximum absolute atomic E-state index is 12.8. The molecule has 0 aliphatic carbocycles. The fourth-order valence-electron chi connectivity index (χ4n) is 1.59. The molecule has 0 spiro atoms. The van der Waals surface area contributed by atoms with Crippen molar-refractivity contribution in [3.8, 4) is 6.07 Å². The molecule has 1 aromatic rings. The number of carbonyl (C=O) groups excluding carboxylic acids is 1. The zero-order chi connectivity index (χ0) is 17.8. The molecule has 0 radical (unpaired) electrons. The molecule has 1 atom stereocenters. The molecule has 0 aliphatic heterocycles. The Hall–Kier alpha value is -1.39. The maximum atomic E-state index is 12.8. The Bertz CT molecular complexity index is 628. The number of hydrogen-bond acceptors (Lipinski definition) is 3. The van der Waals surface area contributed by atoms with Gasteiger partial charge in [0.05, 0.1) is 22.4 Å². The summed E-state index contributed by atoms with van der Waals surface area (Å²) in [5, 5.41) is 11.3. The van der Waals surface area contributed by atoms with E-state index in [1.807, 2.05) is 6.07 Å². The summed E-state index contributed by atoms with van der Waals surface area (Å²) in [7, 11) is 0. The number of nitrogens with one attached hydrogen (secondary N) is 1. The summed E-state index contributed by atoms with van der Waals surface area (Å²) in [5.74, 6) is -0.617. The molecule has 0 fully saturated rings. The SMILES string of the molecule is CC(C)[C@](C)(C#N)NC(=O)CSc1ccc(Cl)c(C(F)(F)F)c1. The Morgan fingerprint density at radius 3 is 2.52 bits per heavy atom. The van der Waals surface area contributed by atoms with Crippen LogP contribution in [0.25, 0.3) is 0 Å². The first-order chi connectivity index (χ1) is 10.5. The molecule has 126 valence electrons. The first-order valence-electron chi connectivity index (χ1n) is 6.71. The lowest BCUT2D eigenvalue weighted by Gasteiger charge is -2.27. The van der Waals surface area contributed by atoms with E-state index in [4.69, 9.17) is 16.9 Å². The molecular weight excluding hydrogens is 349 g/mol. The quantitative estimate of drug-likeness (QED) is 0.782. The van der Waals surface area contributed by atoms with Gasteiger partial charge in [0.1, 0.15) is 5.54 Å². The van der Waals surface area contributed by atoms with Crippen molar-refractivity contribution in [2.75, 3.05) is 5.75 Å². The number of rotatable bonds is 5. The van der Waals surface area contributed by atoms with Crippen LogP contribution in [0.5, 0.6) is 0 Å². The number of hydrogen-bond donors (Lipinski definition) is 1. The van der Waals surface area contributed by atoms with Crippen molar-refractivity contribution in [2.45, 2.75) is 37.4 Å². The predicted molar refractivity (Wildman–Crippen MR) is 84.2 cm³/mol. The summed E-state index contributed by atoms with van der Waals surface area (Å²) < 4.78 is 38.3. The largest absolute Gasteiger partial charge is 0.417 e. The number of halogens is 4. The number of nitrogens with zero attached hydrogens (tertiary/aromatic N) is 1. The first-order valence-corrected chi connectivity index (χ1v) is 8.07. The van der Waals surface area contributed by atoms with E-state index in [1.54, 1.807) is 20.8 Å². The molecule has 0 bridgehead atoms. The Kier molecular flexibility index (Phi) is 6.37. The number of nitriles is 1. The average molecular weight is 365 g/mol. The van der Waals surface area contributed by atoms with E-state index in [0.717, 1.165) is 23.9 Å². The van der Waals surface area contributed by atoms with Crippen molar-refractivity contribution in [3.63, 3.8) is 0 Å². The first kappa shape index (κ1) is 19.7. The van der Waals surface area contributed by atoms with Crippen molar-refractivity contribution in [1.82, 2.24) is 5.32 Å². The normalized spacial score (nSPS) is 14.2. The maximum Gasteiger partial charge on any atom is 0.417 e. The molecule has 8 heteroatoms. The molecular formula is C15H16ClF3N2OS. The van der Waals surface area contributed by atoms with Gasteiger partial charge in [0.25, 0.3) is 0 Å². The van der Waals surface area contributed by atoms with Gasteiger partial charge < -0.3 is 5.32 Å². The molecule has 1 rings (SSSR count). The van der Waals surface area contributed by atoms with Crippen LogP contribution in [-0.4, -0.2) is 17.2 Å². The lowest BCUT2D eigenvalue weighted by atomic mass is 9.90. The molecule has 0 aromatic heterocycles. The molecule has 1 aromatic carbocycles. The second kappa shape index (κ2) is 7.45. The minimum absolute atomic E-state index is 0.0943. The van der Waals surface area contributed by atoms with Gasteiger partial charge in [-0.1, -0.05) is 25.4 Å². The van der Waals surface area contributed by atoms with Gasteiger partial charge in [-0.25, -0.2) is 0 Å². The Morgan fingerprint density at radius 2 is 2.04 bits per heavy atom. The molecule has 3 nitrogen and oxygen atoms in total. The molecule has 0 aliphatic rings. The number of carbonyl (C=O) groups is 1. The molecule has 0 unspecified atom stereocenters. The zero-order valence-corrected chi connectivity index (χ0v) is 14.4. The van der Waals surface area contributed by atoms with Gasteiger partial charge in [-0.2, -0.15) is 18.4 Å². The summed E-state index contributed by atoms with van der Waals surface area (Å²) in [6.45, 7) is 5.20. The van der Waals surface area contributed by atoms with Crippen molar-refractivity contribution in [2.24, 2.45) is 5.92 Å². The number of amides is 1. The van der Waals surface area contributed by atoms with Crippen molar-refractivity contribution in [3.05, 3.63) is 28.8 Å². The van der Waals surface area contributed by atoms with Crippen molar-refractivity contribution in [1.29, 1.82) is 5.26 Å². The van der Waals surface area contributed by atoms with Crippen molar-refractivity contribution >= 4 is 29.3 Å². The fraction of sp³-hybridized carbons (Fsp3) is 0.467. The van der Waals surface area contributed by atoms with E-state index in [1.165, 1.54) is 6.07 Å². The van der Waals surface area contributed by atoms with Gasteiger partial charge >= 0.3 is 6.18 Å². The third-order valence-corrected chi connectivity index (χ3v) is 4.72. The van der Waals surface area contributed by atoms with Crippen LogP contribution in [0.1, 0.15) is 26.3 Å². The third-order valence-electron chi connectivity index (χ3n) is 3.40. The summed E-state index contributed by atoms with van der Waals surface area (Å²) in [6, 6.07) is 5.51. The zero-order valence-electron chi connectivity index (χ0n) is 12.8. The minimum atomic E-state index is -4.55. The highest BCUT2D eigenvalue weighted by molar-refractivity contribution is 8.00. The second-order valence-electron chi connectivity index (χ2n) is 5.45. The van der Waals surface area contributed by atoms with Gasteiger partial charge in [-0.3, -0.25) is 4.79 Å². The van der Waals surface area contributed by atoms with Crippen LogP contribution in [-0.2, 0) is 11.0 Å². The van der Waals surface area contributed by atoms with Crippen LogP contribution in [0.15, 0.2) is 23.1 Å². The van der Waals surface area contributed by atoms with Crippen LogP contribution in [0.4, 0.5) is 13.2 Å². The van der Waals surface area contributed by atoms with E-state index in [-0.39, 0.29) is 21.6 Å². The molecule has 0 heterocycles. The molecule has 1 N–H and O–H groups in total. The highest BCUT2D eigenvalue weighted by Crippen LogP contribution is 2.37. The number of alkyl halides is 3. The van der Waals surface area contributed by atoms with Crippen LogP contribution in [0.2, 0.25) is 5.02 Å². The Morgan fingerprint density at radius 1 is 1.43 bits per heavy atom. The minimum Gasteiger partial charge on any atom is -0.337 e. The Labute approximate surface area is 142 Å².